The molecule has 8 nitrogen and oxygen atoms in total. The van der Waals surface area contributed by atoms with Crippen LogP contribution in [-0.2, 0) is 0 Å². The Labute approximate surface area is 154 Å². The number of nitrogens with zero attached hydrogens (tertiary/aromatic N) is 2. The maximum absolute atomic E-state index is 12.0. The molecule has 0 spiro atoms. The number of amides is 1. The third-order valence-electron chi connectivity index (χ3n) is 3.81. The van der Waals surface area contributed by atoms with E-state index in [4.69, 9.17) is 10.2 Å². The lowest BCUT2D eigenvalue weighted by Gasteiger charge is -2.02. The molecular formula is C19H16N4O4. The smallest absolute Gasteiger partial charge is 0.280 e. The van der Waals surface area contributed by atoms with E-state index in [1.807, 2.05) is 0 Å². The minimum atomic E-state index is -0.455. The normalized spacial score (nSPS) is 10.9. The summed E-state index contributed by atoms with van der Waals surface area (Å²) >= 11 is 0. The van der Waals surface area contributed by atoms with Crippen LogP contribution in [0.2, 0.25) is 0 Å². The summed E-state index contributed by atoms with van der Waals surface area (Å²) in [6.45, 7) is 1.78. The number of nitro groups is 1. The fourth-order valence-electron chi connectivity index (χ4n) is 2.49. The van der Waals surface area contributed by atoms with Crippen molar-refractivity contribution in [2.75, 3.05) is 5.73 Å². The molecule has 0 saturated heterocycles. The van der Waals surface area contributed by atoms with Crippen LogP contribution in [-0.4, -0.2) is 17.0 Å². The lowest BCUT2D eigenvalue weighted by atomic mass is 10.1. The summed E-state index contributed by atoms with van der Waals surface area (Å²) in [5.74, 6) is 0.216. The molecule has 27 heavy (non-hydrogen) atoms. The van der Waals surface area contributed by atoms with Gasteiger partial charge in [0, 0.05) is 11.8 Å². The van der Waals surface area contributed by atoms with Crippen LogP contribution in [0.15, 0.2) is 64.1 Å². The molecule has 0 aliphatic rings. The Morgan fingerprint density at radius 2 is 2.00 bits per heavy atom. The summed E-state index contributed by atoms with van der Waals surface area (Å²) < 4.78 is 5.58. The first-order chi connectivity index (χ1) is 13.0. The van der Waals surface area contributed by atoms with E-state index in [0.29, 0.717) is 28.3 Å². The number of carbonyl (C=O) groups excluding carboxylic acids is 1. The number of carbonyl (C=O) groups is 1. The zero-order valence-electron chi connectivity index (χ0n) is 14.4. The summed E-state index contributed by atoms with van der Waals surface area (Å²) in [5, 5.41) is 15.1. The molecule has 1 aromatic heterocycles. The number of hydrazone groups is 1. The lowest BCUT2D eigenvalue weighted by molar-refractivity contribution is -0.384. The highest BCUT2D eigenvalue weighted by molar-refractivity contribution is 5.99. The monoisotopic (exact) mass is 364 g/mol. The van der Waals surface area contributed by atoms with Crippen LogP contribution in [0.5, 0.6) is 0 Å². The van der Waals surface area contributed by atoms with Crippen LogP contribution in [0.25, 0.3) is 11.3 Å². The van der Waals surface area contributed by atoms with Crippen LogP contribution in [0, 0.1) is 17.0 Å². The van der Waals surface area contributed by atoms with Gasteiger partial charge in [-0.15, -0.1) is 0 Å². The van der Waals surface area contributed by atoms with Crippen LogP contribution in [0.1, 0.15) is 21.7 Å². The standard InChI is InChI=1S/C19H16N4O4/c1-12-6-8-15(17(10-12)23(25)26)18-9-7-13(27-18)11-21-22-19(24)14-4-2-3-5-16(14)20/h2-11H,20H2,1H3,(H,22,24)/b21-11-. The van der Waals surface area contributed by atoms with Crippen molar-refractivity contribution in [1.82, 2.24) is 5.43 Å². The third-order valence-corrected chi connectivity index (χ3v) is 3.81. The third kappa shape index (κ3) is 4.01. The van der Waals surface area contributed by atoms with Gasteiger partial charge in [0.05, 0.1) is 22.3 Å². The molecule has 0 aliphatic carbocycles. The Kier molecular flexibility index (Phi) is 4.98. The number of nitrogens with one attached hydrogen (secondary N) is 1. The van der Waals surface area contributed by atoms with E-state index in [2.05, 4.69) is 10.5 Å². The molecule has 3 N–H and O–H groups in total. The number of furan rings is 1. The molecule has 3 aromatic rings. The summed E-state index contributed by atoms with van der Waals surface area (Å²) in [6.07, 6.45) is 1.31. The number of nitrogens with two attached hydrogens (primary N) is 1. The number of para-hydroxylation sites is 1. The summed E-state index contributed by atoms with van der Waals surface area (Å²) in [6, 6.07) is 14.7. The molecule has 0 saturated carbocycles. The van der Waals surface area contributed by atoms with E-state index in [1.165, 1.54) is 12.3 Å². The lowest BCUT2D eigenvalue weighted by Crippen LogP contribution is -2.18. The Bertz CT molecular complexity index is 1040. The number of aryl methyl sites for hydroxylation is 1. The second-order valence-electron chi connectivity index (χ2n) is 5.77. The first-order valence-corrected chi connectivity index (χ1v) is 7.99. The number of nitrogen functional groups attached to an aromatic ring is 1. The van der Waals surface area contributed by atoms with Gasteiger partial charge in [-0.1, -0.05) is 18.2 Å². The van der Waals surface area contributed by atoms with E-state index in [1.54, 1.807) is 55.5 Å². The largest absolute Gasteiger partial charge is 0.455 e. The Hall–Kier alpha value is -3.94. The van der Waals surface area contributed by atoms with Crippen LogP contribution in [0.4, 0.5) is 11.4 Å². The first-order valence-electron chi connectivity index (χ1n) is 7.99. The summed E-state index contributed by atoms with van der Waals surface area (Å²) in [4.78, 5) is 22.8. The van der Waals surface area contributed by atoms with Crippen molar-refractivity contribution < 1.29 is 14.1 Å². The Balaban J connectivity index is 1.75. The molecule has 0 unspecified atom stereocenters. The van der Waals surface area contributed by atoms with Gasteiger partial charge in [0.2, 0.25) is 0 Å². The molecule has 1 heterocycles. The Morgan fingerprint density at radius 3 is 2.74 bits per heavy atom. The zero-order valence-corrected chi connectivity index (χ0v) is 14.4. The van der Waals surface area contributed by atoms with E-state index in [-0.39, 0.29) is 5.69 Å². The number of hydrogen-bond donors (Lipinski definition) is 2. The summed E-state index contributed by atoms with van der Waals surface area (Å²) in [7, 11) is 0. The van der Waals surface area contributed by atoms with Crippen molar-refractivity contribution in [3.05, 3.63) is 81.6 Å². The number of benzene rings is 2. The molecule has 1 amide bonds. The van der Waals surface area contributed by atoms with Crippen LogP contribution < -0.4 is 11.2 Å². The number of nitro benzene ring substituents is 1. The average Bonchev–Trinajstić information content (AvgIpc) is 3.10. The maximum atomic E-state index is 12.0. The van der Waals surface area contributed by atoms with E-state index in [0.717, 1.165) is 5.56 Å². The van der Waals surface area contributed by atoms with Gasteiger partial charge < -0.3 is 10.2 Å². The van der Waals surface area contributed by atoms with Crippen LogP contribution >= 0.6 is 0 Å². The molecule has 8 heteroatoms. The second kappa shape index (κ2) is 7.52. The predicted molar refractivity (Wildman–Crippen MR) is 101 cm³/mol. The summed E-state index contributed by atoms with van der Waals surface area (Å²) in [5.41, 5.74) is 9.85. The maximum Gasteiger partial charge on any atom is 0.280 e. The van der Waals surface area contributed by atoms with Gasteiger partial charge in [-0.2, -0.15) is 5.10 Å². The number of anilines is 1. The van der Waals surface area contributed by atoms with Crippen molar-refractivity contribution in [1.29, 1.82) is 0 Å². The van der Waals surface area contributed by atoms with Gasteiger partial charge in [-0.25, -0.2) is 5.43 Å². The van der Waals surface area contributed by atoms with Gasteiger partial charge in [0.15, 0.2) is 0 Å². The SMILES string of the molecule is Cc1ccc(-c2ccc(/C=N\NC(=O)c3ccccc3N)o2)c([N+](=O)[O-])c1. The van der Waals surface area contributed by atoms with Gasteiger partial charge in [0.1, 0.15) is 11.5 Å². The molecule has 0 aliphatic heterocycles. The molecule has 0 radical (unpaired) electrons. The number of rotatable bonds is 5. The highest BCUT2D eigenvalue weighted by Gasteiger charge is 2.18. The van der Waals surface area contributed by atoms with Crippen molar-refractivity contribution >= 4 is 23.5 Å². The van der Waals surface area contributed by atoms with Gasteiger partial charge in [0.25, 0.3) is 11.6 Å². The first kappa shape index (κ1) is 17.9. The topological polar surface area (TPSA) is 124 Å². The molecule has 0 fully saturated rings. The molecule has 3 rings (SSSR count). The molecular weight excluding hydrogens is 348 g/mol. The highest BCUT2D eigenvalue weighted by atomic mass is 16.6. The van der Waals surface area contributed by atoms with Crippen molar-refractivity contribution in [2.45, 2.75) is 6.92 Å². The Morgan fingerprint density at radius 1 is 1.22 bits per heavy atom. The van der Waals surface area contributed by atoms with Crippen molar-refractivity contribution in [2.24, 2.45) is 5.10 Å². The van der Waals surface area contributed by atoms with Gasteiger partial charge in [-0.3, -0.25) is 14.9 Å². The van der Waals surface area contributed by atoms with E-state index < -0.39 is 10.8 Å². The van der Waals surface area contributed by atoms with Gasteiger partial charge in [-0.05, 0) is 42.8 Å². The van der Waals surface area contributed by atoms with Crippen LogP contribution in [0.3, 0.4) is 0 Å². The van der Waals surface area contributed by atoms with E-state index in [9.17, 15) is 14.9 Å². The minimum Gasteiger partial charge on any atom is -0.455 e. The van der Waals surface area contributed by atoms with Gasteiger partial charge >= 0.3 is 0 Å². The van der Waals surface area contributed by atoms with E-state index >= 15 is 0 Å². The quantitative estimate of drug-likeness (QED) is 0.310. The average molecular weight is 364 g/mol. The number of hydrogen-bond acceptors (Lipinski definition) is 6. The molecule has 136 valence electrons. The zero-order chi connectivity index (χ0) is 19.4. The highest BCUT2D eigenvalue weighted by Crippen LogP contribution is 2.31. The molecule has 2 aromatic carbocycles. The molecule has 0 atom stereocenters. The van der Waals surface area contributed by atoms with Crippen molar-refractivity contribution in [3.8, 4) is 11.3 Å². The fourth-order valence-corrected chi connectivity index (χ4v) is 2.49. The fraction of sp³-hybridized carbons (Fsp3) is 0.0526. The predicted octanol–water partition coefficient (Wildman–Crippen LogP) is 3.51. The second-order valence-corrected chi connectivity index (χ2v) is 5.77. The molecule has 0 bridgehead atoms. The minimum absolute atomic E-state index is 0.0410. The van der Waals surface area contributed by atoms with Crippen molar-refractivity contribution in [3.63, 3.8) is 0 Å².